The number of hydrogen-bond acceptors (Lipinski definition) is 2. The molecular formula is C10H14BrNO. The number of halogens is 1. The summed E-state index contributed by atoms with van der Waals surface area (Å²) in [5, 5.41) is 9.65. The van der Waals surface area contributed by atoms with E-state index in [4.69, 9.17) is 5.73 Å². The van der Waals surface area contributed by atoms with Gasteiger partial charge in [0, 0.05) is 15.6 Å². The van der Waals surface area contributed by atoms with Crippen LogP contribution in [0.1, 0.15) is 25.0 Å². The summed E-state index contributed by atoms with van der Waals surface area (Å²) in [6, 6.07) is 3.58. The average molecular weight is 244 g/mol. The zero-order valence-corrected chi connectivity index (χ0v) is 9.64. The molecule has 0 aliphatic carbocycles. The van der Waals surface area contributed by atoms with Crippen molar-refractivity contribution in [3.8, 4) is 5.75 Å². The minimum Gasteiger partial charge on any atom is -0.508 e. The van der Waals surface area contributed by atoms with Crippen molar-refractivity contribution in [2.24, 2.45) is 5.73 Å². The van der Waals surface area contributed by atoms with E-state index in [0.717, 1.165) is 15.6 Å². The third kappa shape index (κ3) is 2.23. The summed E-state index contributed by atoms with van der Waals surface area (Å²) < 4.78 is 0.971. The molecule has 0 saturated heterocycles. The van der Waals surface area contributed by atoms with E-state index in [2.05, 4.69) is 15.9 Å². The first-order valence-corrected chi connectivity index (χ1v) is 4.90. The Kier molecular flexibility index (Phi) is 2.68. The van der Waals surface area contributed by atoms with Crippen LogP contribution in [0.15, 0.2) is 16.6 Å². The lowest BCUT2D eigenvalue weighted by Crippen LogP contribution is -2.28. The molecule has 72 valence electrons. The van der Waals surface area contributed by atoms with E-state index in [-0.39, 0.29) is 5.75 Å². The van der Waals surface area contributed by atoms with E-state index < -0.39 is 5.54 Å². The number of aryl methyl sites for hydroxylation is 1. The van der Waals surface area contributed by atoms with E-state index in [1.807, 2.05) is 26.8 Å². The van der Waals surface area contributed by atoms with E-state index in [9.17, 15) is 5.11 Å². The Morgan fingerprint density at radius 2 is 1.92 bits per heavy atom. The van der Waals surface area contributed by atoms with Crippen LogP contribution in [0.2, 0.25) is 0 Å². The molecule has 0 heterocycles. The Balaban J connectivity index is 3.32. The number of benzene rings is 1. The Labute approximate surface area is 86.9 Å². The molecule has 0 spiro atoms. The minimum atomic E-state index is -0.514. The van der Waals surface area contributed by atoms with Gasteiger partial charge in [0.05, 0.1) is 0 Å². The lowest BCUT2D eigenvalue weighted by molar-refractivity contribution is 0.440. The molecule has 0 aromatic heterocycles. The van der Waals surface area contributed by atoms with E-state index in [0.29, 0.717) is 0 Å². The number of hydrogen-bond donors (Lipinski definition) is 2. The highest BCUT2D eigenvalue weighted by molar-refractivity contribution is 9.10. The summed E-state index contributed by atoms with van der Waals surface area (Å²) >= 11 is 3.41. The van der Waals surface area contributed by atoms with Gasteiger partial charge in [0.2, 0.25) is 0 Å². The zero-order valence-electron chi connectivity index (χ0n) is 8.06. The van der Waals surface area contributed by atoms with Crippen LogP contribution in [0.3, 0.4) is 0 Å². The van der Waals surface area contributed by atoms with Gasteiger partial charge in [-0.15, -0.1) is 0 Å². The van der Waals surface area contributed by atoms with Gasteiger partial charge in [-0.3, -0.25) is 0 Å². The van der Waals surface area contributed by atoms with Gasteiger partial charge in [0.25, 0.3) is 0 Å². The van der Waals surface area contributed by atoms with Crippen molar-refractivity contribution in [3.63, 3.8) is 0 Å². The van der Waals surface area contributed by atoms with Crippen molar-refractivity contribution in [2.75, 3.05) is 0 Å². The molecule has 0 saturated carbocycles. The number of phenols is 1. The summed E-state index contributed by atoms with van der Waals surface area (Å²) in [6.45, 7) is 5.66. The molecule has 0 aliphatic rings. The van der Waals surface area contributed by atoms with Gasteiger partial charge < -0.3 is 10.8 Å². The van der Waals surface area contributed by atoms with Crippen LogP contribution in [0.25, 0.3) is 0 Å². The van der Waals surface area contributed by atoms with Gasteiger partial charge in [-0.1, -0.05) is 15.9 Å². The lowest BCUT2D eigenvalue weighted by atomic mass is 9.94. The second kappa shape index (κ2) is 3.31. The maximum Gasteiger partial charge on any atom is 0.120 e. The largest absolute Gasteiger partial charge is 0.508 e. The van der Waals surface area contributed by atoms with Crippen molar-refractivity contribution < 1.29 is 5.11 Å². The number of rotatable bonds is 1. The van der Waals surface area contributed by atoms with Crippen molar-refractivity contribution in [1.82, 2.24) is 0 Å². The summed E-state index contributed by atoms with van der Waals surface area (Å²) in [5.41, 5.74) is 7.14. The third-order valence-corrected chi connectivity index (χ3v) is 2.83. The monoisotopic (exact) mass is 243 g/mol. The Bertz CT molecular complexity index is 328. The fourth-order valence-corrected chi connectivity index (χ4v) is 1.53. The van der Waals surface area contributed by atoms with Crippen molar-refractivity contribution in [1.29, 1.82) is 0 Å². The number of nitrogens with two attached hydrogens (primary N) is 1. The van der Waals surface area contributed by atoms with Gasteiger partial charge in [0.1, 0.15) is 5.75 Å². The van der Waals surface area contributed by atoms with Crippen LogP contribution < -0.4 is 5.73 Å². The normalized spacial score (nSPS) is 11.8. The summed E-state index contributed by atoms with van der Waals surface area (Å²) in [5.74, 6) is 0.258. The van der Waals surface area contributed by atoms with Gasteiger partial charge in [-0.05, 0) is 38.5 Å². The molecule has 2 nitrogen and oxygen atoms in total. The molecule has 3 heteroatoms. The van der Waals surface area contributed by atoms with Crippen LogP contribution in [-0.4, -0.2) is 5.11 Å². The second-order valence-corrected chi connectivity index (χ2v) is 4.69. The predicted octanol–water partition coefficient (Wildman–Crippen LogP) is 2.66. The first kappa shape index (κ1) is 10.5. The molecule has 0 fully saturated rings. The average Bonchev–Trinajstić information content (AvgIpc) is 1.94. The second-order valence-electron chi connectivity index (χ2n) is 3.84. The Morgan fingerprint density at radius 3 is 2.38 bits per heavy atom. The van der Waals surface area contributed by atoms with Crippen molar-refractivity contribution >= 4 is 15.9 Å². The summed E-state index contributed by atoms with van der Waals surface area (Å²) in [4.78, 5) is 0. The molecule has 1 aromatic carbocycles. The third-order valence-electron chi connectivity index (χ3n) is 1.97. The molecule has 0 unspecified atom stereocenters. The number of aromatic hydroxyl groups is 1. The molecule has 0 amide bonds. The lowest BCUT2D eigenvalue weighted by Gasteiger charge is -2.21. The van der Waals surface area contributed by atoms with Crippen molar-refractivity contribution in [3.05, 3.63) is 27.7 Å². The molecule has 0 radical (unpaired) electrons. The highest BCUT2D eigenvalue weighted by Crippen LogP contribution is 2.31. The molecule has 3 N–H and O–H groups in total. The Morgan fingerprint density at radius 1 is 1.38 bits per heavy atom. The van der Waals surface area contributed by atoms with Gasteiger partial charge in [-0.25, -0.2) is 0 Å². The smallest absolute Gasteiger partial charge is 0.120 e. The van der Waals surface area contributed by atoms with Crippen LogP contribution in [0, 0.1) is 6.92 Å². The molecule has 0 aliphatic heterocycles. The summed E-state index contributed by atoms with van der Waals surface area (Å²) in [6.07, 6.45) is 0. The SMILES string of the molecule is Cc1cc(O)c(C(C)(C)N)cc1Br. The molecule has 13 heavy (non-hydrogen) atoms. The quantitative estimate of drug-likeness (QED) is 0.797. The van der Waals surface area contributed by atoms with E-state index in [1.54, 1.807) is 6.07 Å². The van der Waals surface area contributed by atoms with Gasteiger partial charge in [0.15, 0.2) is 0 Å². The highest BCUT2D eigenvalue weighted by atomic mass is 79.9. The molecule has 1 rings (SSSR count). The first-order chi connectivity index (χ1) is 5.82. The van der Waals surface area contributed by atoms with Crippen LogP contribution in [0.5, 0.6) is 5.75 Å². The minimum absolute atomic E-state index is 0.258. The van der Waals surface area contributed by atoms with Crippen LogP contribution >= 0.6 is 15.9 Å². The summed E-state index contributed by atoms with van der Waals surface area (Å²) in [7, 11) is 0. The highest BCUT2D eigenvalue weighted by Gasteiger charge is 2.19. The van der Waals surface area contributed by atoms with E-state index >= 15 is 0 Å². The van der Waals surface area contributed by atoms with Gasteiger partial charge in [-0.2, -0.15) is 0 Å². The predicted molar refractivity (Wildman–Crippen MR) is 57.8 cm³/mol. The molecule has 0 atom stereocenters. The first-order valence-electron chi connectivity index (χ1n) is 4.11. The Hall–Kier alpha value is -0.540. The maximum absolute atomic E-state index is 9.65. The fraction of sp³-hybridized carbons (Fsp3) is 0.400. The van der Waals surface area contributed by atoms with Gasteiger partial charge >= 0.3 is 0 Å². The number of phenolic OH excluding ortho intramolecular Hbond substituents is 1. The van der Waals surface area contributed by atoms with E-state index in [1.165, 1.54) is 0 Å². The van der Waals surface area contributed by atoms with Crippen LogP contribution in [0.4, 0.5) is 0 Å². The van der Waals surface area contributed by atoms with Crippen LogP contribution in [-0.2, 0) is 5.54 Å². The zero-order chi connectivity index (χ0) is 10.2. The molecule has 1 aromatic rings. The molecular weight excluding hydrogens is 230 g/mol. The molecule has 0 bridgehead atoms. The fourth-order valence-electron chi connectivity index (χ4n) is 1.18. The van der Waals surface area contributed by atoms with Crippen molar-refractivity contribution in [2.45, 2.75) is 26.3 Å². The maximum atomic E-state index is 9.65. The standard InChI is InChI=1S/C10H14BrNO/c1-6-4-9(13)7(5-8(6)11)10(2,3)12/h4-5,13H,12H2,1-3H3. The topological polar surface area (TPSA) is 46.2 Å².